The maximum absolute atomic E-state index is 4.44. The third-order valence-electron chi connectivity index (χ3n) is 3.59. The Kier molecular flexibility index (Phi) is 2.37. The minimum atomic E-state index is 1.02. The summed E-state index contributed by atoms with van der Waals surface area (Å²) in [4.78, 5) is 1.02. The molecule has 0 bridgehead atoms. The third-order valence-corrected chi connectivity index (χ3v) is 3.87. The van der Waals surface area contributed by atoms with Crippen LogP contribution < -0.4 is 0 Å². The fraction of sp³-hybridized carbons (Fsp3) is 0.125. The number of rotatable bonds is 0. The standard InChI is InChI=1S/C16H14S/c1-10-11(2)16-9-12(17)7-8-15(16)14-6-4-3-5-13(10)14/h3-9,17H,1-2H3. The number of hydrogen-bond acceptors (Lipinski definition) is 1. The molecular weight excluding hydrogens is 224 g/mol. The first-order valence-electron chi connectivity index (χ1n) is 5.79. The van der Waals surface area contributed by atoms with Gasteiger partial charge in [-0.15, -0.1) is 12.6 Å². The third kappa shape index (κ3) is 1.54. The summed E-state index contributed by atoms with van der Waals surface area (Å²) in [6.45, 7) is 4.39. The average molecular weight is 238 g/mol. The van der Waals surface area contributed by atoms with Crippen molar-refractivity contribution in [1.82, 2.24) is 0 Å². The molecule has 0 N–H and O–H groups in total. The second kappa shape index (κ2) is 3.78. The molecule has 0 aromatic heterocycles. The first kappa shape index (κ1) is 10.7. The van der Waals surface area contributed by atoms with Crippen LogP contribution in [-0.2, 0) is 0 Å². The van der Waals surface area contributed by atoms with Crippen molar-refractivity contribution < 1.29 is 0 Å². The van der Waals surface area contributed by atoms with Crippen LogP contribution in [0.2, 0.25) is 0 Å². The van der Waals surface area contributed by atoms with Crippen LogP contribution in [0.1, 0.15) is 11.1 Å². The van der Waals surface area contributed by atoms with Gasteiger partial charge in [0.1, 0.15) is 0 Å². The van der Waals surface area contributed by atoms with Gasteiger partial charge in [-0.05, 0) is 58.7 Å². The van der Waals surface area contributed by atoms with E-state index in [0.29, 0.717) is 0 Å². The zero-order chi connectivity index (χ0) is 12.0. The molecule has 0 nitrogen and oxygen atoms in total. The molecule has 84 valence electrons. The fourth-order valence-corrected chi connectivity index (χ4v) is 2.73. The molecular formula is C16H14S. The maximum atomic E-state index is 4.44. The minimum Gasteiger partial charge on any atom is -0.143 e. The van der Waals surface area contributed by atoms with Gasteiger partial charge in [-0.1, -0.05) is 30.3 Å². The molecule has 0 spiro atoms. The molecule has 0 aliphatic rings. The van der Waals surface area contributed by atoms with Gasteiger partial charge >= 0.3 is 0 Å². The fourth-order valence-electron chi connectivity index (χ4n) is 2.53. The Labute approximate surface area is 107 Å². The van der Waals surface area contributed by atoms with Gasteiger partial charge in [0, 0.05) is 4.90 Å². The lowest BCUT2D eigenvalue weighted by Gasteiger charge is -2.12. The second-order valence-electron chi connectivity index (χ2n) is 4.53. The van der Waals surface area contributed by atoms with Gasteiger partial charge in [0.05, 0.1) is 0 Å². The van der Waals surface area contributed by atoms with Crippen molar-refractivity contribution in [3.8, 4) is 0 Å². The molecule has 0 saturated carbocycles. The lowest BCUT2D eigenvalue weighted by atomic mass is 9.93. The van der Waals surface area contributed by atoms with Crippen LogP contribution in [0.25, 0.3) is 21.5 Å². The molecule has 0 saturated heterocycles. The van der Waals surface area contributed by atoms with Crippen LogP contribution in [0.3, 0.4) is 0 Å². The summed E-state index contributed by atoms with van der Waals surface area (Å²) in [6.07, 6.45) is 0. The summed E-state index contributed by atoms with van der Waals surface area (Å²) in [5, 5.41) is 5.32. The lowest BCUT2D eigenvalue weighted by Crippen LogP contribution is -1.88. The van der Waals surface area contributed by atoms with Crippen molar-refractivity contribution in [3.05, 3.63) is 53.6 Å². The molecule has 0 aliphatic heterocycles. The van der Waals surface area contributed by atoms with Gasteiger partial charge < -0.3 is 0 Å². The molecule has 0 radical (unpaired) electrons. The number of thiol groups is 1. The highest BCUT2D eigenvalue weighted by Gasteiger charge is 2.07. The Morgan fingerprint density at radius 3 is 2.06 bits per heavy atom. The van der Waals surface area contributed by atoms with E-state index in [0.717, 1.165) is 4.90 Å². The van der Waals surface area contributed by atoms with E-state index in [1.165, 1.54) is 32.7 Å². The highest BCUT2D eigenvalue weighted by atomic mass is 32.1. The lowest BCUT2D eigenvalue weighted by molar-refractivity contribution is 1.40. The van der Waals surface area contributed by atoms with Crippen LogP contribution in [0, 0.1) is 13.8 Å². The maximum Gasteiger partial charge on any atom is 0.00464 e. The van der Waals surface area contributed by atoms with E-state index in [1.54, 1.807) is 0 Å². The van der Waals surface area contributed by atoms with Crippen LogP contribution >= 0.6 is 12.6 Å². The van der Waals surface area contributed by atoms with Gasteiger partial charge in [0.2, 0.25) is 0 Å². The molecule has 0 fully saturated rings. The van der Waals surface area contributed by atoms with Crippen LogP contribution in [-0.4, -0.2) is 0 Å². The summed E-state index contributed by atoms with van der Waals surface area (Å²) < 4.78 is 0. The molecule has 1 heteroatoms. The Hall–Kier alpha value is -1.47. The van der Waals surface area contributed by atoms with E-state index >= 15 is 0 Å². The molecule has 3 aromatic rings. The molecule has 0 unspecified atom stereocenters. The predicted molar refractivity (Wildman–Crippen MR) is 78.2 cm³/mol. The topological polar surface area (TPSA) is 0 Å². The van der Waals surface area contributed by atoms with Gasteiger partial charge in [0.25, 0.3) is 0 Å². The highest BCUT2D eigenvalue weighted by molar-refractivity contribution is 7.80. The van der Waals surface area contributed by atoms with E-state index in [4.69, 9.17) is 0 Å². The van der Waals surface area contributed by atoms with E-state index in [9.17, 15) is 0 Å². The van der Waals surface area contributed by atoms with Crippen molar-refractivity contribution in [2.24, 2.45) is 0 Å². The summed E-state index contributed by atoms with van der Waals surface area (Å²) >= 11 is 4.44. The molecule has 17 heavy (non-hydrogen) atoms. The molecule has 0 amide bonds. The van der Waals surface area contributed by atoms with Crippen LogP contribution in [0.4, 0.5) is 0 Å². The van der Waals surface area contributed by atoms with E-state index in [1.807, 2.05) is 0 Å². The summed E-state index contributed by atoms with van der Waals surface area (Å²) in [7, 11) is 0. The molecule has 3 rings (SSSR count). The zero-order valence-corrected chi connectivity index (χ0v) is 10.9. The number of aryl methyl sites for hydroxylation is 2. The number of fused-ring (bicyclic) bond motifs is 3. The van der Waals surface area contributed by atoms with Gasteiger partial charge in [-0.25, -0.2) is 0 Å². The van der Waals surface area contributed by atoms with E-state index in [2.05, 4.69) is 68.9 Å². The Bertz CT molecular complexity index is 726. The zero-order valence-electron chi connectivity index (χ0n) is 9.99. The van der Waals surface area contributed by atoms with Crippen molar-refractivity contribution in [2.75, 3.05) is 0 Å². The molecule has 0 atom stereocenters. The van der Waals surface area contributed by atoms with Crippen molar-refractivity contribution >= 4 is 34.2 Å². The number of hydrogen-bond donors (Lipinski definition) is 1. The minimum absolute atomic E-state index is 1.02. The van der Waals surface area contributed by atoms with Gasteiger partial charge in [0.15, 0.2) is 0 Å². The Morgan fingerprint density at radius 1 is 0.706 bits per heavy atom. The quantitative estimate of drug-likeness (QED) is 0.418. The van der Waals surface area contributed by atoms with E-state index < -0.39 is 0 Å². The van der Waals surface area contributed by atoms with Crippen molar-refractivity contribution in [3.63, 3.8) is 0 Å². The highest BCUT2D eigenvalue weighted by Crippen LogP contribution is 2.32. The summed E-state index contributed by atoms with van der Waals surface area (Å²) in [6, 6.07) is 15.0. The smallest absolute Gasteiger partial charge is 0.00464 e. The monoisotopic (exact) mass is 238 g/mol. The summed E-state index contributed by atoms with van der Waals surface area (Å²) in [5.41, 5.74) is 2.72. The normalized spacial score (nSPS) is 11.2. The van der Waals surface area contributed by atoms with Gasteiger partial charge in [-0.2, -0.15) is 0 Å². The Morgan fingerprint density at radius 2 is 1.29 bits per heavy atom. The molecule has 0 heterocycles. The van der Waals surface area contributed by atoms with Crippen LogP contribution in [0.15, 0.2) is 47.4 Å². The van der Waals surface area contributed by atoms with Crippen LogP contribution in [0.5, 0.6) is 0 Å². The van der Waals surface area contributed by atoms with E-state index in [-0.39, 0.29) is 0 Å². The predicted octanol–water partition coefficient (Wildman–Crippen LogP) is 4.90. The first-order chi connectivity index (χ1) is 8.18. The van der Waals surface area contributed by atoms with Crippen molar-refractivity contribution in [2.45, 2.75) is 18.7 Å². The number of benzene rings is 3. The largest absolute Gasteiger partial charge is 0.143 e. The molecule has 3 aromatic carbocycles. The van der Waals surface area contributed by atoms with Gasteiger partial charge in [-0.3, -0.25) is 0 Å². The second-order valence-corrected chi connectivity index (χ2v) is 5.04. The molecule has 0 aliphatic carbocycles. The Balaban J connectivity index is 2.65. The average Bonchev–Trinajstić information content (AvgIpc) is 2.36. The van der Waals surface area contributed by atoms with Crippen molar-refractivity contribution in [1.29, 1.82) is 0 Å². The first-order valence-corrected chi connectivity index (χ1v) is 6.24. The summed E-state index contributed by atoms with van der Waals surface area (Å²) in [5.74, 6) is 0. The SMILES string of the molecule is Cc1c(C)c2cc(S)ccc2c2ccccc12.